The predicted molar refractivity (Wildman–Crippen MR) is 43.4 cm³/mol. The normalized spacial score (nSPS) is 8.17. The molecule has 0 aliphatic rings. The van der Waals surface area contributed by atoms with Crippen LogP contribution in [0.2, 0.25) is 0 Å². The molecule has 66 valence electrons. The molecule has 0 unspecified atom stereocenters. The van der Waals surface area contributed by atoms with E-state index < -0.39 is 5.97 Å². The average molecular weight is 170 g/mol. The number of aromatic carboxylic acids is 1. The van der Waals surface area contributed by atoms with Crippen LogP contribution in [0.4, 0.5) is 0 Å². The molecule has 1 aromatic rings. The third kappa shape index (κ3) is 3.00. The lowest BCUT2D eigenvalue weighted by molar-refractivity contribution is 0.0696. The van der Waals surface area contributed by atoms with E-state index in [1.54, 1.807) is 0 Å². The second-order valence-electron chi connectivity index (χ2n) is 1.86. The average Bonchev–Trinajstić information content (AvgIpc) is 2.08. The number of rotatable bonds is 1. The lowest BCUT2D eigenvalue weighted by Crippen LogP contribution is -2.02. The number of carboxylic acids is 1. The van der Waals surface area contributed by atoms with E-state index in [0.717, 1.165) is 0 Å². The van der Waals surface area contributed by atoms with Gasteiger partial charge >= 0.3 is 5.97 Å². The van der Waals surface area contributed by atoms with Crippen LogP contribution in [0.3, 0.4) is 0 Å². The van der Waals surface area contributed by atoms with Gasteiger partial charge in [0.1, 0.15) is 5.75 Å². The minimum absolute atomic E-state index is 0.0279. The van der Waals surface area contributed by atoms with Gasteiger partial charge in [-0.2, -0.15) is 0 Å². The molecule has 0 heterocycles. The highest BCUT2D eigenvalue weighted by Crippen LogP contribution is 2.09. The van der Waals surface area contributed by atoms with Crippen molar-refractivity contribution < 1.29 is 15.0 Å². The number of phenols is 1. The summed E-state index contributed by atoms with van der Waals surface area (Å²) in [6, 6.07) is 5.52. The molecule has 0 aliphatic heterocycles. The van der Waals surface area contributed by atoms with Crippen LogP contribution < -0.4 is 11.7 Å². The quantitative estimate of drug-likeness (QED) is 0.348. The Morgan fingerprint density at radius 2 is 1.92 bits per heavy atom. The highest BCUT2D eigenvalue weighted by Gasteiger charge is 2.00. The predicted octanol–water partition coefficient (Wildman–Crippen LogP) is -0.0908. The SMILES string of the molecule is NN.O=C(O)c1cccc(O)c1. The molecule has 0 bridgehead atoms. The van der Waals surface area contributed by atoms with Gasteiger partial charge in [0.25, 0.3) is 0 Å². The largest absolute Gasteiger partial charge is 0.508 e. The summed E-state index contributed by atoms with van der Waals surface area (Å²) in [5, 5.41) is 17.2. The molecule has 0 fully saturated rings. The molecular weight excluding hydrogens is 160 g/mol. The van der Waals surface area contributed by atoms with E-state index >= 15 is 0 Å². The van der Waals surface area contributed by atoms with E-state index in [2.05, 4.69) is 11.7 Å². The summed E-state index contributed by atoms with van der Waals surface area (Å²) in [6.07, 6.45) is 0. The first kappa shape index (κ1) is 10.4. The van der Waals surface area contributed by atoms with Crippen molar-refractivity contribution in [2.75, 3.05) is 0 Å². The van der Waals surface area contributed by atoms with Gasteiger partial charge in [0, 0.05) is 0 Å². The maximum Gasteiger partial charge on any atom is 0.335 e. The molecule has 5 nitrogen and oxygen atoms in total. The lowest BCUT2D eigenvalue weighted by Gasteiger charge is -1.92. The van der Waals surface area contributed by atoms with Crippen LogP contribution in [0.1, 0.15) is 10.4 Å². The van der Waals surface area contributed by atoms with Crippen molar-refractivity contribution >= 4 is 5.97 Å². The first-order valence-electron chi connectivity index (χ1n) is 3.06. The molecule has 6 N–H and O–H groups in total. The highest BCUT2D eigenvalue weighted by molar-refractivity contribution is 5.87. The summed E-state index contributed by atoms with van der Waals surface area (Å²) in [7, 11) is 0. The van der Waals surface area contributed by atoms with Crippen LogP contribution in [-0.2, 0) is 0 Å². The second-order valence-corrected chi connectivity index (χ2v) is 1.86. The summed E-state index contributed by atoms with van der Waals surface area (Å²) in [6.45, 7) is 0. The second kappa shape index (κ2) is 5.11. The number of carboxylic acid groups (broad SMARTS) is 1. The Morgan fingerprint density at radius 1 is 1.33 bits per heavy atom. The van der Waals surface area contributed by atoms with Crippen molar-refractivity contribution in [3.05, 3.63) is 29.8 Å². The number of hydrogen-bond donors (Lipinski definition) is 4. The lowest BCUT2D eigenvalue weighted by atomic mass is 10.2. The first-order chi connectivity index (χ1) is 5.70. The van der Waals surface area contributed by atoms with E-state index in [4.69, 9.17) is 10.2 Å². The number of phenolic OH excluding ortho intramolecular Hbond substituents is 1. The van der Waals surface area contributed by atoms with Gasteiger partial charge in [-0.3, -0.25) is 11.7 Å². The molecule has 5 heteroatoms. The summed E-state index contributed by atoms with van der Waals surface area (Å²) in [5.41, 5.74) is 0.0972. The standard InChI is InChI=1S/C7H6O3.H4N2/c8-6-3-1-2-5(4-6)7(9)10;1-2/h1-4,8H,(H,9,10);1-2H2. The van der Waals surface area contributed by atoms with Crippen LogP contribution in [0.15, 0.2) is 24.3 Å². The number of hydrogen-bond acceptors (Lipinski definition) is 4. The molecular formula is C7H10N2O3. The maximum absolute atomic E-state index is 10.2. The summed E-state index contributed by atoms with van der Waals surface area (Å²) >= 11 is 0. The zero-order valence-corrected chi connectivity index (χ0v) is 6.27. The molecule has 1 rings (SSSR count). The first-order valence-corrected chi connectivity index (χ1v) is 3.06. The van der Waals surface area contributed by atoms with Crippen molar-refractivity contribution in [1.82, 2.24) is 0 Å². The van der Waals surface area contributed by atoms with Gasteiger partial charge < -0.3 is 10.2 Å². The molecule has 0 amide bonds. The fourth-order valence-electron chi connectivity index (χ4n) is 0.639. The molecule has 0 spiro atoms. The molecule has 0 aliphatic carbocycles. The van der Waals surface area contributed by atoms with E-state index in [-0.39, 0.29) is 11.3 Å². The maximum atomic E-state index is 10.2. The van der Waals surface area contributed by atoms with E-state index in [0.29, 0.717) is 0 Å². The number of carbonyl (C=O) groups is 1. The molecule has 12 heavy (non-hydrogen) atoms. The van der Waals surface area contributed by atoms with E-state index in [9.17, 15) is 4.79 Å². The van der Waals surface area contributed by atoms with Crippen LogP contribution in [0, 0.1) is 0 Å². The van der Waals surface area contributed by atoms with E-state index in [1.165, 1.54) is 24.3 Å². The Kier molecular flexibility index (Phi) is 4.43. The Morgan fingerprint density at radius 3 is 2.25 bits per heavy atom. The third-order valence-corrected chi connectivity index (χ3v) is 1.09. The van der Waals surface area contributed by atoms with Crippen molar-refractivity contribution in [2.24, 2.45) is 11.7 Å². The van der Waals surface area contributed by atoms with Gasteiger partial charge in [-0.25, -0.2) is 4.79 Å². The Bertz CT molecular complexity index is 263. The van der Waals surface area contributed by atoms with E-state index in [1.807, 2.05) is 0 Å². The number of benzene rings is 1. The fourth-order valence-corrected chi connectivity index (χ4v) is 0.639. The molecule has 0 saturated heterocycles. The van der Waals surface area contributed by atoms with Crippen LogP contribution in [0.5, 0.6) is 5.75 Å². The van der Waals surface area contributed by atoms with Crippen molar-refractivity contribution in [3.63, 3.8) is 0 Å². The number of nitrogens with two attached hydrogens (primary N) is 2. The minimum atomic E-state index is -1.03. The van der Waals surface area contributed by atoms with Gasteiger partial charge in [0.05, 0.1) is 5.56 Å². The molecule has 1 aromatic carbocycles. The zero-order valence-electron chi connectivity index (χ0n) is 6.27. The topological polar surface area (TPSA) is 110 Å². The summed E-state index contributed by atoms with van der Waals surface area (Å²) < 4.78 is 0. The van der Waals surface area contributed by atoms with Crippen LogP contribution in [0.25, 0.3) is 0 Å². The molecule has 0 saturated carbocycles. The van der Waals surface area contributed by atoms with Gasteiger partial charge in [0.15, 0.2) is 0 Å². The minimum Gasteiger partial charge on any atom is -0.508 e. The Labute approximate surface area is 69.2 Å². The number of hydrazine groups is 1. The molecule has 0 atom stereocenters. The van der Waals surface area contributed by atoms with Crippen LogP contribution in [-0.4, -0.2) is 16.2 Å². The fraction of sp³-hybridized carbons (Fsp3) is 0. The monoisotopic (exact) mass is 170 g/mol. The van der Waals surface area contributed by atoms with Crippen molar-refractivity contribution in [2.45, 2.75) is 0 Å². The van der Waals surface area contributed by atoms with Crippen molar-refractivity contribution in [1.29, 1.82) is 0 Å². The van der Waals surface area contributed by atoms with Gasteiger partial charge in [0.2, 0.25) is 0 Å². The van der Waals surface area contributed by atoms with Crippen LogP contribution >= 0.6 is 0 Å². The summed E-state index contributed by atoms with van der Waals surface area (Å²) in [5.74, 6) is 6.94. The van der Waals surface area contributed by atoms with Gasteiger partial charge in [-0.1, -0.05) is 6.07 Å². The van der Waals surface area contributed by atoms with Crippen molar-refractivity contribution in [3.8, 4) is 5.75 Å². The number of aromatic hydroxyl groups is 1. The Hall–Kier alpha value is -1.59. The molecule has 0 aromatic heterocycles. The Balaban J connectivity index is 0.000000561. The third-order valence-electron chi connectivity index (χ3n) is 1.09. The highest BCUT2D eigenvalue weighted by atomic mass is 16.4. The van der Waals surface area contributed by atoms with Gasteiger partial charge in [-0.05, 0) is 18.2 Å². The van der Waals surface area contributed by atoms with Gasteiger partial charge in [-0.15, -0.1) is 0 Å². The molecule has 0 radical (unpaired) electrons. The summed E-state index contributed by atoms with van der Waals surface area (Å²) in [4.78, 5) is 10.2. The smallest absolute Gasteiger partial charge is 0.335 e. The zero-order chi connectivity index (χ0) is 9.56.